The molecule has 14 heavy (non-hydrogen) atoms. The third-order valence-electron chi connectivity index (χ3n) is 2.45. The van der Waals surface area contributed by atoms with Crippen molar-refractivity contribution in [1.82, 2.24) is 0 Å². The molecule has 1 aliphatic carbocycles. The molecule has 1 aliphatic rings. The third-order valence-corrected chi connectivity index (χ3v) is 7.82. The van der Waals surface area contributed by atoms with Gasteiger partial charge in [-0.25, -0.2) is 0 Å². The molecule has 3 unspecified atom stereocenters. The molecule has 0 aromatic rings. The van der Waals surface area contributed by atoms with E-state index in [1.165, 1.54) is 12.0 Å². The SMILES string of the molecule is CSO[Si](C)(OS)C1C=CC=CC1C. The molecule has 2 nitrogen and oxygen atoms in total. The van der Waals surface area contributed by atoms with Gasteiger partial charge in [-0.15, -0.1) is 0 Å². The van der Waals surface area contributed by atoms with Gasteiger partial charge in [-0.05, 0) is 37.4 Å². The summed E-state index contributed by atoms with van der Waals surface area (Å²) in [7, 11) is -2.20. The van der Waals surface area contributed by atoms with Crippen LogP contribution in [0.2, 0.25) is 12.1 Å². The van der Waals surface area contributed by atoms with Crippen molar-refractivity contribution in [1.29, 1.82) is 0 Å². The summed E-state index contributed by atoms with van der Waals surface area (Å²) < 4.78 is 11.0. The molecule has 80 valence electrons. The fourth-order valence-electron chi connectivity index (χ4n) is 1.67. The fourth-order valence-corrected chi connectivity index (χ4v) is 5.85. The van der Waals surface area contributed by atoms with E-state index in [1.807, 2.05) is 18.9 Å². The van der Waals surface area contributed by atoms with E-state index in [1.54, 1.807) is 0 Å². The molecule has 5 heteroatoms. The first-order valence-corrected chi connectivity index (χ1v) is 8.44. The predicted octanol–water partition coefficient (Wildman–Crippen LogP) is 3.35. The van der Waals surface area contributed by atoms with E-state index in [0.717, 1.165) is 0 Å². The number of allylic oxidation sites excluding steroid dienone is 4. The zero-order valence-corrected chi connectivity index (χ0v) is 11.3. The van der Waals surface area contributed by atoms with Crippen molar-refractivity contribution >= 4 is 33.5 Å². The number of rotatable bonds is 4. The first-order valence-electron chi connectivity index (χ1n) is 4.53. The Morgan fingerprint density at radius 1 is 1.36 bits per heavy atom. The smallest absolute Gasteiger partial charge is 0.328 e. The minimum atomic E-state index is -2.20. The molecule has 0 aromatic heterocycles. The molecule has 0 bridgehead atoms. The van der Waals surface area contributed by atoms with Crippen molar-refractivity contribution in [3.63, 3.8) is 0 Å². The highest BCUT2D eigenvalue weighted by atomic mass is 32.2. The van der Waals surface area contributed by atoms with Crippen molar-refractivity contribution in [2.75, 3.05) is 6.26 Å². The second kappa shape index (κ2) is 5.41. The molecule has 3 atom stereocenters. The van der Waals surface area contributed by atoms with Crippen LogP contribution in [0.1, 0.15) is 6.92 Å². The van der Waals surface area contributed by atoms with Crippen LogP contribution < -0.4 is 0 Å². The van der Waals surface area contributed by atoms with Gasteiger partial charge in [0.05, 0.1) is 0 Å². The van der Waals surface area contributed by atoms with Crippen LogP contribution in [-0.2, 0) is 7.74 Å². The Morgan fingerprint density at radius 2 is 2.00 bits per heavy atom. The topological polar surface area (TPSA) is 18.5 Å². The summed E-state index contributed by atoms with van der Waals surface area (Å²) in [5, 5.41) is 0. The first-order chi connectivity index (χ1) is 6.64. The summed E-state index contributed by atoms with van der Waals surface area (Å²) >= 11 is 5.31. The Kier molecular flexibility index (Phi) is 4.79. The van der Waals surface area contributed by atoms with Gasteiger partial charge in [-0.1, -0.05) is 31.2 Å². The van der Waals surface area contributed by atoms with Crippen molar-refractivity contribution < 1.29 is 7.74 Å². The van der Waals surface area contributed by atoms with Crippen molar-refractivity contribution in [2.24, 2.45) is 5.92 Å². The highest BCUT2D eigenvalue weighted by Gasteiger charge is 2.43. The Morgan fingerprint density at radius 3 is 2.50 bits per heavy atom. The molecular formula is C9H16O2S2Si. The van der Waals surface area contributed by atoms with E-state index in [2.05, 4.69) is 38.1 Å². The maximum absolute atomic E-state index is 5.66. The standard InChI is InChI=1S/C9H16O2S2Si/c1-8-6-4-5-7-9(8)14(3,10-12)11-13-2/h4-9,12H,1-3H3. The van der Waals surface area contributed by atoms with E-state index >= 15 is 0 Å². The van der Waals surface area contributed by atoms with Crippen LogP contribution in [0.25, 0.3) is 0 Å². The molecule has 0 saturated carbocycles. The molecule has 0 fully saturated rings. The Labute approximate surface area is 96.8 Å². The van der Waals surface area contributed by atoms with Gasteiger partial charge < -0.3 is 7.74 Å². The van der Waals surface area contributed by atoms with Crippen LogP contribution in [0.4, 0.5) is 0 Å². The minimum absolute atomic E-state index is 0.331. The molecule has 0 heterocycles. The summed E-state index contributed by atoms with van der Waals surface area (Å²) in [6, 6.07) is 0. The number of hydrogen-bond donors (Lipinski definition) is 1. The molecule has 0 radical (unpaired) electrons. The Balaban J connectivity index is 2.78. The van der Waals surface area contributed by atoms with Gasteiger partial charge in [-0.3, -0.25) is 0 Å². The molecule has 0 N–H and O–H groups in total. The van der Waals surface area contributed by atoms with E-state index in [0.29, 0.717) is 11.5 Å². The second-order valence-electron chi connectivity index (χ2n) is 3.51. The fraction of sp³-hybridized carbons (Fsp3) is 0.556. The lowest BCUT2D eigenvalue weighted by Gasteiger charge is -2.33. The lowest BCUT2D eigenvalue weighted by molar-refractivity contribution is 0.433. The van der Waals surface area contributed by atoms with Crippen molar-refractivity contribution in [3.8, 4) is 0 Å². The molecule has 0 aliphatic heterocycles. The normalized spacial score (nSPS) is 30.3. The summed E-state index contributed by atoms with van der Waals surface area (Å²) in [6.07, 6.45) is 10.3. The van der Waals surface area contributed by atoms with Gasteiger partial charge >= 0.3 is 8.56 Å². The van der Waals surface area contributed by atoms with Crippen LogP contribution in [0, 0.1) is 5.92 Å². The van der Waals surface area contributed by atoms with E-state index < -0.39 is 8.56 Å². The summed E-state index contributed by atoms with van der Waals surface area (Å²) in [5.41, 5.74) is 0.331. The third kappa shape index (κ3) is 2.67. The van der Waals surface area contributed by atoms with Crippen molar-refractivity contribution in [3.05, 3.63) is 24.3 Å². The van der Waals surface area contributed by atoms with Gasteiger partial charge in [0.15, 0.2) is 0 Å². The van der Waals surface area contributed by atoms with Crippen LogP contribution in [0.15, 0.2) is 24.3 Å². The van der Waals surface area contributed by atoms with Gasteiger partial charge in [0, 0.05) is 11.8 Å². The predicted molar refractivity (Wildman–Crippen MR) is 67.5 cm³/mol. The molecule has 0 spiro atoms. The molecule has 0 amide bonds. The lowest BCUT2D eigenvalue weighted by atomic mass is 10.0. The van der Waals surface area contributed by atoms with Crippen LogP contribution in [0.3, 0.4) is 0 Å². The molecule has 0 saturated heterocycles. The maximum Gasteiger partial charge on any atom is 0.366 e. The first kappa shape index (κ1) is 12.4. The van der Waals surface area contributed by atoms with Gasteiger partial charge in [0.1, 0.15) is 0 Å². The van der Waals surface area contributed by atoms with E-state index in [9.17, 15) is 0 Å². The maximum atomic E-state index is 5.66. The van der Waals surface area contributed by atoms with Crippen LogP contribution in [0.5, 0.6) is 0 Å². The molecule has 1 rings (SSSR count). The van der Waals surface area contributed by atoms with Crippen molar-refractivity contribution in [2.45, 2.75) is 19.0 Å². The van der Waals surface area contributed by atoms with Crippen LogP contribution in [-0.4, -0.2) is 14.8 Å². The number of thiol groups is 1. The van der Waals surface area contributed by atoms with E-state index in [4.69, 9.17) is 7.74 Å². The average molecular weight is 248 g/mol. The highest BCUT2D eigenvalue weighted by Crippen LogP contribution is 2.38. The van der Waals surface area contributed by atoms with Gasteiger partial charge in [0.2, 0.25) is 0 Å². The van der Waals surface area contributed by atoms with Gasteiger partial charge in [0.25, 0.3) is 0 Å². The Bertz CT molecular complexity index is 245. The monoisotopic (exact) mass is 248 g/mol. The molecule has 0 aromatic carbocycles. The summed E-state index contributed by atoms with van der Waals surface area (Å²) in [6.45, 7) is 4.22. The van der Waals surface area contributed by atoms with Gasteiger partial charge in [-0.2, -0.15) is 0 Å². The summed E-state index contributed by atoms with van der Waals surface area (Å²) in [4.78, 5) is 0. The minimum Gasteiger partial charge on any atom is -0.328 e. The second-order valence-corrected chi connectivity index (χ2v) is 7.94. The largest absolute Gasteiger partial charge is 0.366 e. The molecular weight excluding hydrogens is 232 g/mol. The summed E-state index contributed by atoms with van der Waals surface area (Å²) in [5.74, 6) is 0.455. The lowest BCUT2D eigenvalue weighted by Crippen LogP contribution is -2.41. The quantitative estimate of drug-likeness (QED) is 0.467. The van der Waals surface area contributed by atoms with E-state index in [-0.39, 0.29) is 0 Å². The zero-order chi connectivity index (χ0) is 10.6. The zero-order valence-electron chi connectivity index (χ0n) is 8.64. The highest BCUT2D eigenvalue weighted by molar-refractivity contribution is 7.95. The Hall–Kier alpha value is 0.317. The average Bonchev–Trinajstić information content (AvgIpc) is 2.18. The van der Waals surface area contributed by atoms with Crippen LogP contribution >= 0.6 is 25.0 Å². The number of hydrogen-bond acceptors (Lipinski definition) is 4.